The van der Waals surface area contributed by atoms with Gasteiger partial charge in [-0.1, -0.05) is 16.8 Å². The van der Waals surface area contributed by atoms with Gasteiger partial charge in [0.25, 0.3) is 5.91 Å². The number of amides is 1. The predicted molar refractivity (Wildman–Crippen MR) is 101 cm³/mol. The fourth-order valence-electron chi connectivity index (χ4n) is 4.33. The van der Waals surface area contributed by atoms with Crippen molar-refractivity contribution >= 4 is 5.91 Å². The third-order valence-electron chi connectivity index (χ3n) is 5.83. The summed E-state index contributed by atoms with van der Waals surface area (Å²) in [6.07, 6.45) is 6.84. The van der Waals surface area contributed by atoms with Crippen molar-refractivity contribution in [2.75, 3.05) is 26.2 Å². The predicted octanol–water partition coefficient (Wildman–Crippen LogP) is 2.66. The van der Waals surface area contributed by atoms with Crippen LogP contribution in [0.5, 0.6) is 0 Å². The molecule has 4 heterocycles. The maximum atomic E-state index is 12.7. The van der Waals surface area contributed by atoms with Crippen molar-refractivity contribution in [2.24, 2.45) is 0 Å². The number of allylic oxidation sites excluding steroid dienone is 1. The average molecular weight is 369 g/mol. The van der Waals surface area contributed by atoms with Crippen LogP contribution in [0.3, 0.4) is 0 Å². The van der Waals surface area contributed by atoms with E-state index in [0.29, 0.717) is 18.8 Å². The van der Waals surface area contributed by atoms with Crippen LogP contribution in [0, 0.1) is 6.92 Å². The van der Waals surface area contributed by atoms with Crippen LogP contribution < -0.4 is 0 Å². The molecule has 7 nitrogen and oxygen atoms in total. The standard InChI is InChI=1S/C20H27N5O2/c1-14(2)4-8-25-9-5-16-18(22-13-21-16)20(25)6-10-24(11-7-20)19(26)17-12-15(3)23-27-17/h4,12-13H,5-11H2,1-3H3,(H,21,22). The minimum Gasteiger partial charge on any atom is -0.351 e. The second kappa shape index (κ2) is 6.96. The Balaban J connectivity index is 1.56. The van der Waals surface area contributed by atoms with Gasteiger partial charge in [0.15, 0.2) is 0 Å². The lowest BCUT2D eigenvalue weighted by Crippen LogP contribution is -2.57. The molecule has 1 saturated heterocycles. The summed E-state index contributed by atoms with van der Waals surface area (Å²) < 4.78 is 5.17. The van der Waals surface area contributed by atoms with E-state index in [1.54, 1.807) is 6.07 Å². The maximum absolute atomic E-state index is 12.7. The van der Waals surface area contributed by atoms with Gasteiger partial charge in [0.2, 0.25) is 5.76 Å². The van der Waals surface area contributed by atoms with Gasteiger partial charge in [0.05, 0.1) is 23.3 Å². The summed E-state index contributed by atoms with van der Waals surface area (Å²) in [5.41, 5.74) is 4.36. The summed E-state index contributed by atoms with van der Waals surface area (Å²) >= 11 is 0. The minimum absolute atomic E-state index is 0.0700. The minimum atomic E-state index is -0.104. The molecule has 2 aromatic heterocycles. The number of imidazole rings is 1. The Morgan fingerprint density at radius 2 is 2.11 bits per heavy atom. The van der Waals surface area contributed by atoms with Crippen LogP contribution in [0.15, 0.2) is 28.6 Å². The van der Waals surface area contributed by atoms with Crippen molar-refractivity contribution in [3.63, 3.8) is 0 Å². The van der Waals surface area contributed by atoms with Crippen LogP contribution in [-0.4, -0.2) is 57.0 Å². The Hall–Kier alpha value is -2.41. The van der Waals surface area contributed by atoms with Crippen LogP contribution >= 0.6 is 0 Å². The molecule has 0 bridgehead atoms. The number of piperidine rings is 1. The van der Waals surface area contributed by atoms with Crippen LogP contribution in [0.25, 0.3) is 0 Å². The number of carbonyl (C=O) groups is 1. The van der Waals surface area contributed by atoms with Gasteiger partial charge < -0.3 is 14.4 Å². The maximum Gasteiger partial charge on any atom is 0.292 e. The first-order chi connectivity index (χ1) is 13.0. The number of rotatable bonds is 3. The monoisotopic (exact) mass is 369 g/mol. The number of hydrogen-bond donors (Lipinski definition) is 1. The van der Waals surface area contributed by atoms with Gasteiger partial charge in [-0.15, -0.1) is 0 Å². The molecule has 0 atom stereocenters. The van der Waals surface area contributed by atoms with E-state index in [1.807, 2.05) is 18.2 Å². The van der Waals surface area contributed by atoms with E-state index in [0.717, 1.165) is 38.0 Å². The van der Waals surface area contributed by atoms with E-state index in [4.69, 9.17) is 9.51 Å². The Labute approximate surface area is 159 Å². The Kier molecular flexibility index (Phi) is 4.63. The zero-order valence-corrected chi connectivity index (χ0v) is 16.3. The molecule has 4 rings (SSSR count). The fourth-order valence-corrected chi connectivity index (χ4v) is 4.33. The van der Waals surface area contributed by atoms with Gasteiger partial charge in [-0.25, -0.2) is 4.98 Å². The lowest BCUT2D eigenvalue weighted by Gasteiger charge is -2.50. The van der Waals surface area contributed by atoms with Crippen molar-refractivity contribution in [1.29, 1.82) is 0 Å². The lowest BCUT2D eigenvalue weighted by molar-refractivity contribution is 0.0125. The zero-order valence-electron chi connectivity index (χ0n) is 16.3. The molecule has 0 radical (unpaired) electrons. The molecule has 1 fully saturated rings. The molecule has 0 saturated carbocycles. The highest BCUT2D eigenvalue weighted by atomic mass is 16.5. The molecular weight excluding hydrogens is 342 g/mol. The summed E-state index contributed by atoms with van der Waals surface area (Å²) in [5.74, 6) is 0.258. The summed E-state index contributed by atoms with van der Waals surface area (Å²) in [6.45, 7) is 9.41. The molecule has 144 valence electrons. The van der Waals surface area contributed by atoms with Crippen molar-refractivity contribution < 1.29 is 9.32 Å². The molecule has 0 unspecified atom stereocenters. The first-order valence-electron chi connectivity index (χ1n) is 9.63. The van der Waals surface area contributed by atoms with Gasteiger partial charge in [-0.05, 0) is 33.6 Å². The Bertz CT molecular complexity index is 853. The molecule has 2 aliphatic heterocycles. The SMILES string of the molecule is CC(C)=CCN1CCc2[nH]cnc2C12CCN(C(=O)c1cc(C)no1)CC2. The number of H-pyrrole nitrogens is 1. The molecule has 1 amide bonds. The molecule has 27 heavy (non-hydrogen) atoms. The summed E-state index contributed by atoms with van der Waals surface area (Å²) in [4.78, 5) is 25.2. The number of fused-ring (bicyclic) bond motifs is 2. The molecule has 1 spiro atoms. The molecule has 2 aromatic rings. The van der Waals surface area contributed by atoms with E-state index in [9.17, 15) is 4.79 Å². The molecule has 7 heteroatoms. The molecule has 1 N–H and O–H groups in total. The zero-order chi connectivity index (χ0) is 19.0. The molecular formula is C20H27N5O2. The van der Waals surface area contributed by atoms with Crippen molar-refractivity contribution in [2.45, 2.75) is 45.6 Å². The van der Waals surface area contributed by atoms with Crippen LogP contribution in [0.2, 0.25) is 0 Å². The average Bonchev–Trinajstić information content (AvgIpc) is 3.30. The van der Waals surface area contributed by atoms with Crippen LogP contribution in [-0.2, 0) is 12.0 Å². The van der Waals surface area contributed by atoms with Crippen LogP contribution in [0.4, 0.5) is 0 Å². The first-order valence-corrected chi connectivity index (χ1v) is 9.63. The Morgan fingerprint density at radius 1 is 1.33 bits per heavy atom. The van der Waals surface area contributed by atoms with Crippen molar-refractivity contribution in [3.05, 3.63) is 46.9 Å². The van der Waals surface area contributed by atoms with E-state index in [2.05, 4.69) is 35.0 Å². The number of nitrogens with one attached hydrogen (secondary N) is 1. The summed E-state index contributed by atoms with van der Waals surface area (Å²) in [7, 11) is 0. The largest absolute Gasteiger partial charge is 0.351 e. The van der Waals surface area contributed by atoms with Gasteiger partial charge in [0, 0.05) is 44.4 Å². The second-order valence-corrected chi connectivity index (χ2v) is 7.86. The number of carbonyl (C=O) groups excluding carboxylic acids is 1. The lowest BCUT2D eigenvalue weighted by atomic mass is 9.78. The third-order valence-corrected chi connectivity index (χ3v) is 5.83. The number of aromatic nitrogens is 3. The molecule has 0 aromatic carbocycles. The van der Waals surface area contributed by atoms with Crippen molar-refractivity contribution in [1.82, 2.24) is 24.9 Å². The van der Waals surface area contributed by atoms with Gasteiger partial charge in [-0.3, -0.25) is 9.69 Å². The van der Waals surface area contributed by atoms with E-state index in [-0.39, 0.29) is 11.4 Å². The smallest absolute Gasteiger partial charge is 0.292 e. The van der Waals surface area contributed by atoms with E-state index >= 15 is 0 Å². The highest BCUT2D eigenvalue weighted by Crippen LogP contribution is 2.42. The highest BCUT2D eigenvalue weighted by Gasteiger charge is 2.47. The fraction of sp³-hybridized carbons (Fsp3) is 0.550. The first kappa shape index (κ1) is 18.0. The Morgan fingerprint density at radius 3 is 2.78 bits per heavy atom. The summed E-state index contributed by atoms with van der Waals surface area (Å²) in [6, 6.07) is 1.71. The molecule has 0 aliphatic carbocycles. The number of aromatic amines is 1. The van der Waals surface area contributed by atoms with Gasteiger partial charge in [-0.2, -0.15) is 0 Å². The quantitative estimate of drug-likeness (QED) is 0.842. The molecule has 2 aliphatic rings. The number of aryl methyl sites for hydroxylation is 1. The third kappa shape index (κ3) is 3.20. The van der Waals surface area contributed by atoms with Gasteiger partial charge in [0.1, 0.15) is 0 Å². The van der Waals surface area contributed by atoms with Crippen LogP contribution in [0.1, 0.15) is 54.3 Å². The topological polar surface area (TPSA) is 78.3 Å². The van der Waals surface area contributed by atoms with E-state index < -0.39 is 0 Å². The second-order valence-electron chi connectivity index (χ2n) is 7.86. The number of hydrogen-bond acceptors (Lipinski definition) is 5. The number of likely N-dealkylation sites (tertiary alicyclic amines) is 1. The van der Waals surface area contributed by atoms with Gasteiger partial charge >= 0.3 is 0 Å². The highest BCUT2D eigenvalue weighted by molar-refractivity contribution is 5.91. The van der Waals surface area contributed by atoms with E-state index in [1.165, 1.54) is 17.0 Å². The van der Waals surface area contributed by atoms with Crippen molar-refractivity contribution in [3.8, 4) is 0 Å². The number of nitrogens with zero attached hydrogens (tertiary/aromatic N) is 4. The normalized spacial score (nSPS) is 19.1. The summed E-state index contributed by atoms with van der Waals surface area (Å²) in [5, 5.41) is 3.84.